The van der Waals surface area contributed by atoms with Crippen LogP contribution in [0.25, 0.3) is 0 Å². The third-order valence-electron chi connectivity index (χ3n) is 3.69. The summed E-state index contributed by atoms with van der Waals surface area (Å²) in [5.74, 6) is 0.958. The highest BCUT2D eigenvalue weighted by Crippen LogP contribution is 2.28. The van der Waals surface area contributed by atoms with E-state index >= 15 is 0 Å². The second kappa shape index (κ2) is 4.36. The second-order valence-electron chi connectivity index (χ2n) is 6.55. The Labute approximate surface area is 98.6 Å². The monoisotopic (exact) mass is 224 g/mol. The summed E-state index contributed by atoms with van der Waals surface area (Å²) in [6, 6.07) is 0.414. The SMILES string of the molecule is CC(C)(C)CC(=O)NC1CN2CCC1CC2. The summed E-state index contributed by atoms with van der Waals surface area (Å²) in [4.78, 5) is 14.3. The quantitative estimate of drug-likeness (QED) is 0.773. The van der Waals surface area contributed by atoms with Gasteiger partial charge in [0.05, 0.1) is 0 Å². The normalized spacial score (nSPS) is 33.8. The Hall–Kier alpha value is -0.570. The highest BCUT2D eigenvalue weighted by molar-refractivity contribution is 5.77. The Morgan fingerprint density at radius 2 is 1.94 bits per heavy atom. The molecular formula is C13H24N2O. The summed E-state index contributed by atoms with van der Waals surface area (Å²) >= 11 is 0. The lowest BCUT2D eigenvalue weighted by Crippen LogP contribution is -2.57. The summed E-state index contributed by atoms with van der Waals surface area (Å²) in [5, 5.41) is 3.23. The van der Waals surface area contributed by atoms with Crippen LogP contribution in [0.5, 0.6) is 0 Å². The Kier molecular flexibility index (Phi) is 3.24. The Bertz CT molecular complexity index is 262. The van der Waals surface area contributed by atoms with Crippen LogP contribution in [0.1, 0.15) is 40.0 Å². The van der Waals surface area contributed by atoms with Crippen molar-refractivity contribution in [3.63, 3.8) is 0 Å². The minimum atomic E-state index is 0.0953. The lowest BCUT2D eigenvalue weighted by Gasteiger charge is -2.45. The minimum absolute atomic E-state index is 0.0953. The molecule has 0 spiro atoms. The molecule has 3 heterocycles. The summed E-state index contributed by atoms with van der Waals surface area (Å²) < 4.78 is 0. The van der Waals surface area contributed by atoms with Gasteiger partial charge in [0.2, 0.25) is 5.91 Å². The number of amides is 1. The van der Waals surface area contributed by atoms with E-state index in [9.17, 15) is 4.79 Å². The summed E-state index contributed by atoms with van der Waals surface area (Å²) in [6.07, 6.45) is 3.16. The molecule has 1 amide bonds. The van der Waals surface area contributed by atoms with Gasteiger partial charge in [-0.25, -0.2) is 0 Å². The van der Waals surface area contributed by atoms with Gasteiger partial charge in [0.15, 0.2) is 0 Å². The molecule has 0 radical (unpaired) electrons. The van der Waals surface area contributed by atoms with Crippen molar-refractivity contribution in [3.05, 3.63) is 0 Å². The number of piperidine rings is 3. The van der Waals surface area contributed by atoms with Gasteiger partial charge in [-0.15, -0.1) is 0 Å². The first kappa shape index (κ1) is 11.9. The van der Waals surface area contributed by atoms with E-state index in [1.54, 1.807) is 0 Å². The van der Waals surface area contributed by atoms with Gasteiger partial charge in [0.25, 0.3) is 0 Å². The average molecular weight is 224 g/mol. The van der Waals surface area contributed by atoms with E-state index in [2.05, 4.69) is 31.0 Å². The van der Waals surface area contributed by atoms with Gasteiger partial charge >= 0.3 is 0 Å². The van der Waals surface area contributed by atoms with Gasteiger partial charge in [-0.3, -0.25) is 4.79 Å². The number of carbonyl (C=O) groups is 1. The van der Waals surface area contributed by atoms with Crippen LogP contribution in [-0.2, 0) is 4.79 Å². The predicted octanol–water partition coefficient (Wildman–Crippen LogP) is 1.63. The average Bonchev–Trinajstić information content (AvgIpc) is 2.16. The zero-order valence-corrected chi connectivity index (χ0v) is 10.8. The third-order valence-corrected chi connectivity index (χ3v) is 3.69. The molecule has 0 aliphatic carbocycles. The summed E-state index contributed by atoms with van der Waals surface area (Å²) in [6.45, 7) is 9.88. The van der Waals surface area contributed by atoms with Crippen molar-refractivity contribution in [2.45, 2.75) is 46.1 Å². The van der Waals surface area contributed by atoms with Crippen molar-refractivity contribution < 1.29 is 4.79 Å². The zero-order chi connectivity index (χ0) is 11.8. The Morgan fingerprint density at radius 3 is 2.38 bits per heavy atom. The van der Waals surface area contributed by atoms with E-state index in [0.717, 1.165) is 12.5 Å². The molecular weight excluding hydrogens is 200 g/mol. The van der Waals surface area contributed by atoms with Crippen molar-refractivity contribution >= 4 is 5.91 Å². The molecule has 0 saturated carbocycles. The van der Waals surface area contributed by atoms with Gasteiger partial charge in [0, 0.05) is 19.0 Å². The van der Waals surface area contributed by atoms with E-state index in [0.29, 0.717) is 12.5 Å². The van der Waals surface area contributed by atoms with E-state index in [-0.39, 0.29) is 11.3 Å². The van der Waals surface area contributed by atoms with Crippen LogP contribution >= 0.6 is 0 Å². The molecule has 1 N–H and O–H groups in total. The minimum Gasteiger partial charge on any atom is -0.352 e. The number of fused-ring (bicyclic) bond motifs is 3. The van der Waals surface area contributed by atoms with Crippen LogP contribution in [0.3, 0.4) is 0 Å². The van der Waals surface area contributed by atoms with Crippen molar-refractivity contribution in [1.82, 2.24) is 10.2 Å². The number of carbonyl (C=O) groups excluding carboxylic acids is 1. The zero-order valence-electron chi connectivity index (χ0n) is 10.8. The second-order valence-corrected chi connectivity index (χ2v) is 6.55. The fourth-order valence-electron chi connectivity index (χ4n) is 2.87. The molecule has 3 rings (SSSR count). The molecule has 3 nitrogen and oxygen atoms in total. The Balaban J connectivity index is 1.83. The summed E-state index contributed by atoms with van der Waals surface area (Å²) in [7, 11) is 0. The first-order valence-corrected chi connectivity index (χ1v) is 6.46. The topological polar surface area (TPSA) is 32.3 Å². The maximum absolute atomic E-state index is 11.9. The first-order chi connectivity index (χ1) is 7.44. The number of hydrogen-bond donors (Lipinski definition) is 1. The van der Waals surface area contributed by atoms with Crippen LogP contribution in [-0.4, -0.2) is 36.5 Å². The lowest BCUT2D eigenvalue weighted by molar-refractivity contribution is -0.124. The van der Waals surface area contributed by atoms with Crippen LogP contribution in [0.15, 0.2) is 0 Å². The molecule has 2 bridgehead atoms. The maximum atomic E-state index is 11.9. The van der Waals surface area contributed by atoms with Crippen molar-refractivity contribution in [3.8, 4) is 0 Å². The molecule has 1 unspecified atom stereocenters. The van der Waals surface area contributed by atoms with Gasteiger partial charge in [-0.1, -0.05) is 20.8 Å². The smallest absolute Gasteiger partial charge is 0.220 e. The number of nitrogens with one attached hydrogen (secondary N) is 1. The van der Waals surface area contributed by atoms with Crippen LogP contribution in [0.2, 0.25) is 0 Å². The maximum Gasteiger partial charge on any atom is 0.220 e. The highest BCUT2D eigenvalue weighted by atomic mass is 16.1. The molecule has 0 aromatic rings. The van der Waals surface area contributed by atoms with E-state index in [1.165, 1.54) is 25.9 Å². The van der Waals surface area contributed by atoms with Crippen LogP contribution in [0.4, 0.5) is 0 Å². The molecule has 16 heavy (non-hydrogen) atoms. The van der Waals surface area contributed by atoms with Crippen molar-refractivity contribution in [1.29, 1.82) is 0 Å². The highest BCUT2D eigenvalue weighted by Gasteiger charge is 2.35. The molecule has 3 heteroatoms. The molecule has 3 aliphatic rings. The molecule has 0 aromatic heterocycles. The number of nitrogens with zero attached hydrogens (tertiary/aromatic N) is 1. The van der Waals surface area contributed by atoms with E-state index in [4.69, 9.17) is 0 Å². The van der Waals surface area contributed by atoms with Gasteiger partial charge < -0.3 is 10.2 Å². The fraction of sp³-hybridized carbons (Fsp3) is 0.923. The third kappa shape index (κ3) is 2.97. The Morgan fingerprint density at radius 1 is 1.31 bits per heavy atom. The van der Waals surface area contributed by atoms with Gasteiger partial charge in [-0.05, 0) is 37.3 Å². The van der Waals surface area contributed by atoms with E-state index in [1.807, 2.05) is 0 Å². The fourth-order valence-corrected chi connectivity index (χ4v) is 2.87. The first-order valence-electron chi connectivity index (χ1n) is 6.46. The molecule has 1 atom stereocenters. The molecule has 92 valence electrons. The van der Waals surface area contributed by atoms with Gasteiger partial charge in [0.1, 0.15) is 0 Å². The van der Waals surface area contributed by atoms with Crippen LogP contribution < -0.4 is 5.32 Å². The number of rotatable bonds is 2. The molecule has 3 saturated heterocycles. The molecule has 3 fully saturated rings. The lowest BCUT2D eigenvalue weighted by atomic mass is 9.83. The van der Waals surface area contributed by atoms with Crippen LogP contribution in [0, 0.1) is 11.3 Å². The number of hydrogen-bond acceptors (Lipinski definition) is 2. The van der Waals surface area contributed by atoms with E-state index < -0.39 is 0 Å². The van der Waals surface area contributed by atoms with Crippen molar-refractivity contribution in [2.24, 2.45) is 11.3 Å². The summed E-state index contributed by atoms with van der Waals surface area (Å²) in [5.41, 5.74) is 0.0953. The van der Waals surface area contributed by atoms with Gasteiger partial charge in [-0.2, -0.15) is 0 Å². The molecule has 3 aliphatic heterocycles. The van der Waals surface area contributed by atoms with Crippen molar-refractivity contribution in [2.75, 3.05) is 19.6 Å². The molecule has 0 aromatic carbocycles. The standard InChI is InChI=1S/C13H24N2O/c1-13(2,3)8-12(16)14-11-9-15-6-4-10(11)5-7-15/h10-11H,4-9H2,1-3H3,(H,14,16). The largest absolute Gasteiger partial charge is 0.352 e. The predicted molar refractivity (Wildman–Crippen MR) is 65.2 cm³/mol.